The van der Waals surface area contributed by atoms with E-state index in [9.17, 15) is 4.79 Å². The summed E-state index contributed by atoms with van der Waals surface area (Å²) in [5.74, 6) is -0.363. The number of rotatable bonds is 3. The number of ether oxygens (including phenoxy) is 1. The highest BCUT2D eigenvalue weighted by molar-refractivity contribution is 6.33. The van der Waals surface area contributed by atoms with Crippen LogP contribution in [0.1, 0.15) is 6.42 Å². The van der Waals surface area contributed by atoms with Gasteiger partial charge in [-0.1, -0.05) is 11.6 Å². The van der Waals surface area contributed by atoms with Crippen molar-refractivity contribution in [3.05, 3.63) is 23.5 Å². The number of aromatic nitrogens is 1. The molecule has 0 aromatic carbocycles. The molecule has 2 N–H and O–H groups in total. The molecule has 2 rings (SSSR count). The number of anilines is 1. The Morgan fingerprint density at radius 3 is 3.06 bits per heavy atom. The Morgan fingerprint density at radius 2 is 2.47 bits per heavy atom. The fourth-order valence-electron chi connectivity index (χ4n) is 2.10. The second kappa shape index (κ2) is 4.89. The van der Waals surface area contributed by atoms with E-state index in [-0.39, 0.29) is 18.1 Å². The van der Waals surface area contributed by atoms with Crippen LogP contribution < -0.4 is 10.6 Å². The highest BCUT2D eigenvalue weighted by atomic mass is 35.5. The lowest BCUT2D eigenvalue weighted by Crippen LogP contribution is -2.40. The third-order valence-electron chi connectivity index (χ3n) is 2.98. The van der Waals surface area contributed by atoms with Crippen molar-refractivity contribution in [2.45, 2.75) is 18.6 Å². The van der Waals surface area contributed by atoms with Crippen LogP contribution in [0.5, 0.6) is 0 Å². The number of amides is 1. The number of pyridine rings is 1. The topological polar surface area (TPSA) is 68.5 Å². The molecule has 6 heteroatoms. The molecule has 2 heterocycles. The molecule has 17 heavy (non-hydrogen) atoms. The zero-order valence-electron chi connectivity index (χ0n) is 9.47. The SMILES string of the molecule is CO[C@H]1C[C@@H](C(N)=O)N(c2ccncc2Cl)C1. The van der Waals surface area contributed by atoms with Crippen LogP contribution in [0.4, 0.5) is 5.69 Å². The molecule has 0 unspecified atom stereocenters. The normalized spacial score (nSPS) is 24.0. The van der Waals surface area contributed by atoms with E-state index in [1.54, 1.807) is 25.6 Å². The summed E-state index contributed by atoms with van der Waals surface area (Å²) in [4.78, 5) is 17.2. The maximum Gasteiger partial charge on any atom is 0.240 e. The van der Waals surface area contributed by atoms with Crippen molar-refractivity contribution in [3.63, 3.8) is 0 Å². The predicted molar refractivity (Wildman–Crippen MR) is 65.0 cm³/mol. The number of hydrogen-bond donors (Lipinski definition) is 1. The molecule has 92 valence electrons. The van der Waals surface area contributed by atoms with E-state index in [4.69, 9.17) is 22.1 Å². The summed E-state index contributed by atoms with van der Waals surface area (Å²) >= 11 is 6.07. The van der Waals surface area contributed by atoms with Gasteiger partial charge in [-0.15, -0.1) is 0 Å². The van der Waals surface area contributed by atoms with E-state index < -0.39 is 0 Å². The van der Waals surface area contributed by atoms with Crippen LogP contribution in [0, 0.1) is 0 Å². The van der Waals surface area contributed by atoms with Gasteiger partial charge in [0.1, 0.15) is 6.04 Å². The van der Waals surface area contributed by atoms with Crippen LogP contribution in [0.3, 0.4) is 0 Å². The average Bonchev–Trinajstić information content (AvgIpc) is 2.73. The molecule has 1 aromatic rings. The molecule has 0 saturated carbocycles. The summed E-state index contributed by atoms with van der Waals surface area (Å²) < 4.78 is 5.27. The zero-order chi connectivity index (χ0) is 12.4. The first-order chi connectivity index (χ1) is 8.13. The monoisotopic (exact) mass is 255 g/mol. The predicted octanol–water partition coefficient (Wildman–Crippen LogP) is 0.814. The summed E-state index contributed by atoms with van der Waals surface area (Å²) in [6.07, 6.45) is 3.77. The maximum absolute atomic E-state index is 11.4. The summed E-state index contributed by atoms with van der Waals surface area (Å²) in [7, 11) is 1.63. The number of nitrogens with two attached hydrogens (primary N) is 1. The van der Waals surface area contributed by atoms with E-state index in [1.807, 2.05) is 4.90 Å². The van der Waals surface area contributed by atoms with Gasteiger partial charge in [0, 0.05) is 32.5 Å². The molecule has 2 atom stereocenters. The molecule has 1 amide bonds. The Hall–Kier alpha value is -1.33. The summed E-state index contributed by atoms with van der Waals surface area (Å²) in [6.45, 7) is 0.605. The van der Waals surface area contributed by atoms with Gasteiger partial charge >= 0.3 is 0 Å². The second-order valence-corrected chi connectivity index (χ2v) is 4.40. The van der Waals surface area contributed by atoms with Gasteiger partial charge in [-0.3, -0.25) is 9.78 Å². The lowest BCUT2D eigenvalue weighted by Gasteiger charge is -2.24. The molecule has 0 spiro atoms. The van der Waals surface area contributed by atoms with E-state index in [0.717, 1.165) is 5.69 Å². The molecule has 1 aromatic heterocycles. The van der Waals surface area contributed by atoms with Crippen molar-refractivity contribution in [2.24, 2.45) is 5.73 Å². The average molecular weight is 256 g/mol. The number of nitrogens with zero attached hydrogens (tertiary/aromatic N) is 2. The molecule has 0 bridgehead atoms. The lowest BCUT2D eigenvalue weighted by atomic mass is 10.2. The van der Waals surface area contributed by atoms with Gasteiger partial charge in [0.25, 0.3) is 0 Å². The molecule has 1 aliphatic rings. The lowest BCUT2D eigenvalue weighted by molar-refractivity contribution is -0.119. The first-order valence-electron chi connectivity index (χ1n) is 5.31. The minimum atomic E-state index is -0.375. The quantitative estimate of drug-likeness (QED) is 0.868. The Bertz CT molecular complexity index is 427. The van der Waals surface area contributed by atoms with Gasteiger partial charge in [-0.25, -0.2) is 0 Å². The Morgan fingerprint density at radius 1 is 1.71 bits per heavy atom. The summed E-state index contributed by atoms with van der Waals surface area (Å²) in [5, 5.41) is 0.510. The first-order valence-corrected chi connectivity index (χ1v) is 5.69. The largest absolute Gasteiger partial charge is 0.380 e. The number of methoxy groups -OCH3 is 1. The highest BCUT2D eigenvalue weighted by Crippen LogP contribution is 2.31. The van der Waals surface area contributed by atoms with Gasteiger partial charge in [0.15, 0.2) is 0 Å². The molecular formula is C11H14ClN3O2. The number of carbonyl (C=O) groups is 1. The third-order valence-corrected chi connectivity index (χ3v) is 3.28. The summed E-state index contributed by atoms with van der Waals surface area (Å²) in [6, 6.07) is 1.40. The van der Waals surface area contributed by atoms with Gasteiger partial charge in [-0.05, 0) is 6.07 Å². The number of primary amides is 1. The van der Waals surface area contributed by atoms with Crippen molar-refractivity contribution >= 4 is 23.2 Å². The van der Waals surface area contributed by atoms with Gasteiger partial charge in [0.2, 0.25) is 5.91 Å². The highest BCUT2D eigenvalue weighted by Gasteiger charge is 2.36. The van der Waals surface area contributed by atoms with Crippen LogP contribution in [0.25, 0.3) is 0 Å². The van der Waals surface area contributed by atoms with Crippen LogP contribution >= 0.6 is 11.6 Å². The van der Waals surface area contributed by atoms with Crippen LogP contribution in [0.2, 0.25) is 5.02 Å². The summed E-state index contributed by atoms with van der Waals surface area (Å²) in [5.41, 5.74) is 6.17. The van der Waals surface area contributed by atoms with E-state index in [2.05, 4.69) is 4.98 Å². The standard InChI is InChI=1S/C11H14ClN3O2/c1-17-7-4-10(11(13)16)15(6-7)9-2-3-14-5-8(9)12/h2-3,5,7,10H,4,6H2,1H3,(H2,13,16)/t7-,10-/m0/s1. The first kappa shape index (κ1) is 12.1. The van der Waals surface area contributed by atoms with Gasteiger partial charge in [-0.2, -0.15) is 0 Å². The molecule has 1 aliphatic heterocycles. The molecule has 0 radical (unpaired) electrons. The number of halogens is 1. The van der Waals surface area contributed by atoms with Crippen LogP contribution in [-0.2, 0) is 9.53 Å². The maximum atomic E-state index is 11.4. The number of carbonyl (C=O) groups excluding carboxylic acids is 1. The van der Waals surface area contributed by atoms with Gasteiger partial charge < -0.3 is 15.4 Å². The van der Waals surface area contributed by atoms with Crippen molar-refractivity contribution in [2.75, 3.05) is 18.6 Å². The smallest absolute Gasteiger partial charge is 0.240 e. The van der Waals surface area contributed by atoms with Crippen molar-refractivity contribution in [1.29, 1.82) is 0 Å². The third kappa shape index (κ3) is 2.35. The fraction of sp³-hybridized carbons (Fsp3) is 0.455. The van der Waals surface area contributed by atoms with Crippen LogP contribution in [0.15, 0.2) is 18.5 Å². The Labute approximate surface area is 105 Å². The van der Waals surface area contributed by atoms with Crippen LogP contribution in [-0.4, -0.2) is 36.7 Å². The van der Waals surface area contributed by atoms with E-state index >= 15 is 0 Å². The minimum absolute atomic E-state index is 0.00303. The van der Waals surface area contributed by atoms with Crippen molar-refractivity contribution in [1.82, 2.24) is 4.98 Å². The molecule has 1 fully saturated rings. The molecular weight excluding hydrogens is 242 g/mol. The Balaban J connectivity index is 2.30. The Kier molecular flexibility index (Phi) is 3.49. The van der Waals surface area contributed by atoms with Crippen molar-refractivity contribution in [3.8, 4) is 0 Å². The minimum Gasteiger partial charge on any atom is -0.380 e. The van der Waals surface area contributed by atoms with Gasteiger partial charge in [0.05, 0.1) is 16.8 Å². The number of hydrogen-bond acceptors (Lipinski definition) is 4. The molecule has 1 saturated heterocycles. The van der Waals surface area contributed by atoms with E-state index in [1.165, 1.54) is 0 Å². The molecule has 0 aliphatic carbocycles. The fourth-order valence-corrected chi connectivity index (χ4v) is 2.33. The van der Waals surface area contributed by atoms with E-state index in [0.29, 0.717) is 18.0 Å². The zero-order valence-corrected chi connectivity index (χ0v) is 10.2. The van der Waals surface area contributed by atoms with Crippen molar-refractivity contribution < 1.29 is 9.53 Å². The molecule has 5 nitrogen and oxygen atoms in total. The second-order valence-electron chi connectivity index (χ2n) is 3.99.